The van der Waals surface area contributed by atoms with Gasteiger partial charge in [0, 0.05) is 6.42 Å². The van der Waals surface area contributed by atoms with Crippen LogP contribution in [0.15, 0.2) is 60.7 Å². The Morgan fingerprint density at radius 3 is 1.96 bits per heavy atom. The van der Waals surface area contributed by atoms with Gasteiger partial charge in [0.1, 0.15) is 0 Å². The van der Waals surface area contributed by atoms with Gasteiger partial charge in [0.25, 0.3) is 0 Å². The second-order valence-corrected chi connectivity index (χ2v) is 5.11. The van der Waals surface area contributed by atoms with Crippen molar-refractivity contribution in [3.05, 3.63) is 71.8 Å². The number of amides is 1. The van der Waals surface area contributed by atoms with Crippen molar-refractivity contribution >= 4 is 11.9 Å². The molecule has 0 aromatic heterocycles. The van der Waals surface area contributed by atoms with Crippen molar-refractivity contribution in [2.45, 2.75) is 25.3 Å². The number of hydrogen-bond acceptors (Lipinski definition) is 3. The van der Waals surface area contributed by atoms with Crippen molar-refractivity contribution in [2.75, 3.05) is 0 Å². The molecule has 0 fully saturated rings. The Kier molecular flexibility index (Phi) is 9.36. The normalized spacial score (nSPS) is 11.1. The number of carbonyl (C=O) groups is 2. The molecular weight excluding hydrogens is 317 g/mol. The molecule has 1 N–H and O–H groups in total. The molecule has 0 saturated heterocycles. The number of nitrogens with one attached hydrogen (secondary N) is 1. The van der Waals surface area contributed by atoms with Gasteiger partial charge >= 0.3 is 51.4 Å². The van der Waals surface area contributed by atoms with E-state index < -0.39 is 12.0 Å². The Morgan fingerprint density at radius 1 is 0.913 bits per heavy atom. The van der Waals surface area contributed by atoms with E-state index in [1.807, 2.05) is 60.7 Å². The SMILES string of the molecule is O=C(CCc1ccccc1)N[C@H](Cc1ccccc1)C(=O)[O-].[K+]. The smallest absolute Gasteiger partial charge is 0.548 e. The van der Waals surface area contributed by atoms with Crippen LogP contribution in [0.1, 0.15) is 17.5 Å². The first-order valence-electron chi connectivity index (χ1n) is 7.23. The van der Waals surface area contributed by atoms with Crippen molar-refractivity contribution in [3.8, 4) is 0 Å². The largest absolute Gasteiger partial charge is 1.00 e. The van der Waals surface area contributed by atoms with Crippen LogP contribution < -0.4 is 61.8 Å². The van der Waals surface area contributed by atoms with E-state index in [4.69, 9.17) is 0 Å². The van der Waals surface area contributed by atoms with Gasteiger partial charge in [0.2, 0.25) is 5.91 Å². The second-order valence-electron chi connectivity index (χ2n) is 5.11. The number of benzene rings is 2. The van der Waals surface area contributed by atoms with Crippen LogP contribution in [0.25, 0.3) is 0 Å². The summed E-state index contributed by atoms with van der Waals surface area (Å²) in [5, 5.41) is 13.7. The minimum absolute atomic E-state index is 0. The second kappa shape index (κ2) is 10.7. The molecule has 23 heavy (non-hydrogen) atoms. The van der Waals surface area contributed by atoms with Crippen LogP contribution in [-0.4, -0.2) is 17.9 Å². The Morgan fingerprint density at radius 2 is 1.43 bits per heavy atom. The molecule has 0 unspecified atom stereocenters. The van der Waals surface area contributed by atoms with Gasteiger partial charge in [-0.05, 0) is 24.0 Å². The minimum atomic E-state index is -1.27. The molecule has 0 bridgehead atoms. The molecule has 114 valence electrons. The van der Waals surface area contributed by atoms with Crippen molar-refractivity contribution < 1.29 is 66.1 Å². The quantitative estimate of drug-likeness (QED) is 0.601. The number of carbonyl (C=O) groups excluding carboxylic acids is 2. The summed E-state index contributed by atoms with van der Waals surface area (Å²) in [5.41, 5.74) is 1.89. The summed E-state index contributed by atoms with van der Waals surface area (Å²) < 4.78 is 0. The van der Waals surface area contributed by atoms with E-state index in [0.717, 1.165) is 11.1 Å². The predicted octanol–water partition coefficient (Wildman–Crippen LogP) is -1.90. The fourth-order valence-corrected chi connectivity index (χ4v) is 2.21. The Bertz CT molecular complexity index is 617. The molecule has 0 aliphatic heterocycles. The maximum absolute atomic E-state index is 11.9. The molecule has 5 heteroatoms. The van der Waals surface area contributed by atoms with Crippen LogP contribution >= 0.6 is 0 Å². The molecular formula is C18H18KNO3. The topological polar surface area (TPSA) is 69.2 Å². The molecule has 0 saturated carbocycles. The molecule has 0 heterocycles. The zero-order chi connectivity index (χ0) is 15.8. The maximum Gasteiger partial charge on any atom is 1.00 e. The van der Waals surface area contributed by atoms with Gasteiger partial charge in [-0.2, -0.15) is 0 Å². The third-order valence-electron chi connectivity index (χ3n) is 3.39. The maximum atomic E-state index is 11.9. The third-order valence-corrected chi connectivity index (χ3v) is 3.39. The molecule has 2 aromatic rings. The van der Waals surface area contributed by atoms with Crippen molar-refractivity contribution in [2.24, 2.45) is 0 Å². The Balaban J connectivity index is 0.00000264. The molecule has 0 aliphatic rings. The third kappa shape index (κ3) is 7.41. The predicted molar refractivity (Wildman–Crippen MR) is 81.8 cm³/mol. The number of carboxylic acids is 1. The molecule has 0 aliphatic carbocycles. The molecule has 0 spiro atoms. The summed E-state index contributed by atoms with van der Waals surface area (Å²) in [6, 6.07) is 17.8. The van der Waals surface area contributed by atoms with E-state index in [2.05, 4.69) is 5.32 Å². The van der Waals surface area contributed by atoms with Gasteiger partial charge in [-0.15, -0.1) is 0 Å². The minimum Gasteiger partial charge on any atom is -0.548 e. The number of hydrogen-bond donors (Lipinski definition) is 1. The average Bonchev–Trinajstić information content (AvgIpc) is 2.54. The summed E-state index contributed by atoms with van der Waals surface area (Å²) in [5.74, 6) is -1.55. The van der Waals surface area contributed by atoms with E-state index in [9.17, 15) is 14.7 Å². The zero-order valence-electron chi connectivity index (χ0n) is 13.2. The summed E-state index contributed by atoms with van der Waals surface area (Å²) in [6.45, 7) is 0. The van der Waals surface area contributed by atoms with E-state index in [1.165, 1.54) is 0 Å². The fourth-order valence-electron chi connectivity index (χ4n) is 2.21. The van der Waals surface area contributed by atoms with E-state index in [-0.39, 0.29) is 70.1 Å². The first kappa shape index (κ1) is 20.1. The summed E-state index contributed by atoms with van der Waals surface area (Å²) in [7, 11) is 0. The van der Waals surface area contributed by atoms with Gasteiger partial charge in [0.05, 0.1) is 12.0 Å². The van der Waals surface area contributed by atoms with E-state index >= 15 is 0 Å². The first-order chi connectivity index (χ1) is 10.6. The van der Waals surface area contributed by atoms with E-state index in [1.54, 1.807) is 0 Å². The van der Waals surface area contributed by atoms with Gasteiger partial charge in [0.15, 0.2) is 0 Å². The molecule has 2 aromatic carbocycles. The standard InChI is InChI=1S/C18H19NO3.K/c20-17(12-11-14-7-3-1-4-8-14)19-16(18(21)22)13-15-9-5-2-6-10-15;/h1-10,16H,11-13H2,(H,19,20)(H,21,22);/q;+1/p-1/t16-;/m1./s1. The van der Waals surface area contributed by atoms with Crippen LogP contribution in [0.4, 0.5) is 0 Å². The fraction of sp³-hybridized carbons (Fsp3) is 0.222. The van der Waals surface area contributed by atoms with Gasteiger partial charge < -0.3 is 15.2 Å². The number of aryl methyl sites for hydroxylation is 1. The van der Waals surface area contributed by atoms with Crippen LogP contribution in [0.5, 0.6) is 0 Å². The number of rotatable bonds is 7. The molecule has 4 nitrogen and oxygen atoms in total. The zero-order valence-corrected chi connectivity index (χ0v) is 16.3. The van der Waals surface area contributed by atoms with E-state index in [0.29, 0.717) is 6.42 Å². The molecule has 1 atom stereocenters. The molecule has 2 rings (SSSR count). The summed E-state index contributed by atoms with van der Waals surface area (Å²) in [4.78, 5) is 23.1. The number of aliphatic carboxylic acids is 1. The van der Waals surface area contributed by atoms with Gasteiger partial charge in [-0.1, -0.05) is 60.7 Å². The monoisotopic (exact) mass is 335 g/mol. The summed E-state index contributed by atoms with van der Waals surface area (Å²) in [6.07, 6.45) is 1.06. The van der Waals surface area contributed by atoms with Crippen LogP contribution in [0.3, 0.4) is 0 Å². The summed E-state index contributed by atoms with van der Waals surface area (Å²) >= 11 is 0. The van der Waals surface area contributed by atoms with Crippen LogP contribution in [0.2, 0.25) is 0 Å². The Labute approximate surface area is 178 Å². The van der Waals surface area contributed by atoms with Crippen molar-refractivity contribution in [3.63, 3.8) is 0 Å². The van der Waals surface area contributed by atoms with Crippen LogP contribution in [-0.2, 0) is 22.4 Å². The van der Waals surface area contributed by atoms with Gasteiger partial charge in [-0.3, -0.25) is 4.79 Å². The van der Waals surface area contributed by atoms with Crippen LogP contribution in [0, 0.1) is 0 Å². The van der Waals surface area contributed by atoms with Crippen molar-refractivity contribution in [1.82, 2.24) is 5.32 Å². The molecule has 0 radical (unpaired) electrons. The first-order valence-corrected chi connectivity index (χ1v) is 7.23. The molecule has 1 amide bonds. The Hall–Kier alpha value is -0.984. The van der Waals surface area contributed by atoms with Gasteiger partial charge in [-0.25, -0.2) is 0 Å². The number of carboxylic acid groups (broad SMARTS) is 1. The average molecular weight is 335 g/mol. The van der Waals surface area contributed by atoms with Crippen molar-refractivity contribution in [1.29, 1.82) is 0 Å².